The molecular weight excluding hydrogens is 474 g/mol. The van der Waals surface area contributed by atoms with Crippen LogP contribution in [0.3, 0.4) is 0 Å². The maximum absolute atomic E-state index is 12.9. The van der Waals surface area contributed by atoms with E-state index in [-0.39, 0.29) is 30.3 Å². The highest BCUT2D eigenvalue weighted by Crippen LogP contribution is 2.36. The molecule has 38 heavy (non-hydrogen) atoms. The number of aliphatic hydroxyl groups excluding tert-OH is 1. The summed E-state index contributed by atoms with van der Waals surface area (Å²) in [5, 5.41) is 10.6. The Morgan fingerprint density at radius 2 is 1.61 bits per heavy atom. The molecule has 1 N–H and O–H groups in total. The number of anilines is 1. The predicted molar refractivity (Wildman–Crippen MR) is 152 cm³/mol. The van der Waals surface area contributed by atoms with Crippen LogP contribution in [0.1, 0.15) is 35.2 Å². The maximum Gasteiger partial charge on any atom is 0.270 e. The summed E-state index contributed by atoms with van der Waals surface area (Å²) in [6.45, 7) is 14.9. The molecule has 0 aliphatic carbocycles. The average molecular weight is 508 g/mol. The Balaban J connectivity index is 1.58. The van der Waals surface area contributed by atoms with E-state index in [9.17, 15) is 9.90 Å². The number of hydrogen-bond acceptors (Lipinski definition) is 5. The molecule has 1 aliphatic heterocycles. The molecule has 1 aliphatic rings. The predicted octanol–water partition coefficient (Wildman–Crippen LogP) is 4.76. The Morgan fingerprint density at radius 1 is 1.00 bits per heavy atom. The van der Waals surface area contributed by atoms with Gasteiger partial charge < -0.3 is 19.4 Å². The molecule has 0 unspecified atom stereocenters. The van der Waals surface area contributed by atoms with E-state index < -0.39 is 0 Å². The van der Waals surface area contributed by atoms with Gasteiger partial charge in [-0.3, -0.25) is 9.69 Å². The minimum atomic E-state index is -0.179. The highest BCUT2D eigenvalue weighted by Gasteiger charge is 2.38. The van der Waals surface area contributed by atoms with Gasteiger partial charge in [0, 0.05) is 32.2 Å². The molecule has 0 bridgehead atoms. The molecule has 2 aromatic carbocycles. The first kappa shape index (κ1) is 25.7. The van der Waals surface area contributed by atoms with Crippen LogP contribution in [0.15, 0.2) is 71.5 Å². The second-order valence-corrected chi connectivity index (χ2v) is 10.3. The molecule has 0 amide bonds. The molecule has 194 valence electrons. The maximum atomic E-state index is 12.9. The average Bonchev–Trinajstić information content (AvgIpc) is 2.93. The van der Waals surface area contributed by atoms with Gasteiger partial charge in [-0.05, 0) is 44.0 Å². The number of aryl methyl sites for hydroxylation is 3. The number of rotatable bonds is 5. The third-order valence-corrected chi connectivity index (χ3v) is 7.69. The van der Waals surface area contributed by atoms with Gasteiger partial charge in [0.2, 0.25) is 5.52 Å². The van der Waals surface area contributed by atoms with Crippen molar-refractivity contribution >= 4 is 22.5 Å². The van der Waals surface area contributed by atoms with Gasteiger partial charge in [0.05, 0.1) is 29.9 Å². The van der Waals surface area contributed by atoms with Gasteiger partial charge in [0.1, 0.15) is 0 Å². The molecule has 1 fully saturated rings. The number of fused-ring (bicyclic) bond motifs is 1. The molecule has 0 spiro atoms. The van der Waals surface area contributed by atoms with Crippen LogP contribution in [0.2, 0.25) is 0 Å². The van der Waals surface area contributed by atoms with E-state index in [1.165, 1.54) is 22.3 Å². The normalized spacial score (nSPS) is 18.2. The molecule has 0 radical (unpaired) electrons. The molecule has 5 rings (SSSR count). The van der Waals surface area contributed by atoms with Crippen molar-refractivity contribution in [2.45, 2.75) is 38.9 Å². The fourth-order valence-corrected chi connectivity index (χ4v) is 5.53. The molecule has 2 atom stereocenters. The first-order chi connectivity index (χ1) is 18.3. The number of aromatic nitrogens is 2. The Kier molecular flexibility index (Phi) is 7.02. The Bertz CT molecular complexity index is 1510. The summed E-state index contributed by atoms with van der Waals surface area (Å²) >= 11 is 0. The Morgan fingerprint density at radius 3 is 2.16 bits per heavy atom. The number of benzene rings is 2. The molecule has 4 aromatic rings. The minimum absolute atomic E-state index is 0.0230. The van der Waals surface area contributed by atoms with Crippen LogP contribution in [0, 0.1) is 20.4 Å². The highest BCUT2D eigenvalue weighted by atomic mass is 16.3. The van der Waals surface area contributed by atoms with Crippen molar-refractivity contribution in [3.63, 3.8) is 0 Å². The first-order valence-electron chi connectivity index (χ1n) is 13.0. The largest absolute Gasteiger partial charge is 0.395 e. The summed E-state index contributed by atoms with van der Waals surface area (Å²) in [5.41, 5.74) is 6.67. The van der Waals surface area contributed by atoms with Gasteiger partial charge in [-0.2, -0.15) is 0 Å². The molecule has 3 heterocycles. The quantitative estimate of drug-likeness (QED) is 0.395. The van der Waals surface area contributed by atoms with Crippen LogP contribution in [0.25, 0.3) is 15.9 Å². The van der Waals surface area contributed by atoms with Gasteiger partial charge >= 0.3 is 0 Å². The Labute approximate surface area is 223 Å². The summed E-state index contributed by atoms with van der Waals surface area (Å²) in [4.78, 5) is 25.5. The summed E-state index contributed by atoms with van der Waals surface area (Å²) in [6.07, 6.45) is 0. The SMILES string of the molecule is [C-]#[N+]c1ccc2c(n1)c(N1C[C@H](CO)N(C(c3ccc(C)cc3)c3ccc(C)cc3)C[C@H]1C)cc(=O)n2C. The first-order valence-corrected chi connectivity index (χ1v) is 13.0. The standard InChI is InChI=1S/C31H33N5O2/c1-20-6-10-23(11-7-20)31(24-12-8-21(2)9-13-24)36-17-22(3)35(18-25(36)19-37)27-16-29(38)34(5)26-14-15-28(32-4)33-30(26)27/h6-16,22,25,31,37H,17-19H2,1-3,5H3/t22-,25-/m1/s1. The van der Waals surface area contributed by atoms with Crippen molar-refractivity contribution in [2.24, 2.45) is 7.05 Å². The summed E-state index contributed by atoms with van der Waals surface area (Å²) in [6, 6.07) is 22.1. The number of piperazine rings is 1. The smallest absolute Gasteiger partial charge is 0.270 e. The van der Waals surface area contributed by atoms with Crippen LogP contribution in [-0.4, -0.2) is 51.3 Å². The number of pyridine rings is 2. The van der Waals surface area contributed by atoms with Crippen LogP contribution in [0.4, 0.5) is 11.5 Å². The number of aliphatic hydroxyl groups is 1. The molecule has 2 aromatic heterocycles. The Hall–Kier alpha value is -3.99. The highest BCUT2D eigenvalue weighted by molar-refractivity contribution is 5.89. The lowest BCUT2D eigenvalue weighted by Gasteiger charge is -2.49. The van der Waals surface area contributed by atoms with Gasteiger partial charge in [0.15, 0.2) is 0 Å². The van der Waals surface area contributed by atoms with Gasteiger partial charge in [-0.1, -0.05) is 66.2 Å². The summed E-state index contributed by atoms with van der Waals surface area (Å²) < 4.78 is 1.56. The minimum Gasteiger partial charge on any atom is -0.395 e. The molecular formula is C31H33N5O2. The number of hydrogen-bond donors (Lipinski definition) is 1. The summed E-state index contributed by atoms with van der Waals surface area (Å²) in [7, 11) is 1.72. The zero-order valence-electron chi connectivity index (χ0n) is 22.3. The lowest BCUT2D eigenvalue weighted by Crippen LogP contribution is -2.59. The van der Waals surface area contributed by atoms with Crippen LogP contribution in [-0.2, 0) is 7.05 Å². The second kappa shape index (κ2) is 10.4. The van der Waals surface area contributed by atoms with E-state index in [0.717, 1.165) is 0 Å². The molecule has 1 saturated heterocycles. The van der Waals surface area contributed by atoms with Crippen molar-refractivity contribution in [1.29, 1.82) is 0 Å². The lowest BCUT2D eigenvalue weighted by molar-refractivity contribution is 0.0727. The molecule has 7 nitrogen and oxygen atoms in total. The fourth-order valence-electron chi connectivity index (χ4n) is 5.53. The topological polar surface area (TPSA) is 66.0 Å². The van der Waals surface area contributed by atoms with E-state index in [0.29, 0.717) is 35.6 Å². The molecule has 7 heteroatoms. The van der Waals surface area contributed by atoms with E-state index in [1.54, 1.807) is 29.8 Å². The van der Waals surface area contributed by atoms with E-state index in [4.69, 9.17) is 6.57 Å². The third kappa shape index (κ3) is 4.69. The molecule has 0 saturated carbocycles. The fraction of sp³-hybridized carbons (Fsp3) is 0.323. The summed E-state index contributed by atoms with van der Waals surface area (Å²) in [5.74, 6) is 0.293. The third-order valence-electron chi connectivity index (χ3n) is 7.69. The van der Waals surface area contributed by atoms with E-state index in [1.807, 2.05) is 0 Å². The number of nitrogens with zero attached hydrogens (tertiary/aromatic N) is 5. The lowest BCUT2D eigenvalue weighted by atomic mass is 9.92. The monoisotopic (exact) mass is 507 g/mol. The van der Waals surface area contributed by atoms with Crippen LogP contribution < -0.4 is 10.5 Å². The zero-order chi connectivity index (χ0) is 27.0. The van der Waals surface area contributed by atoms with Crippen LogP contribution >= 0.6 is 0 Å². The van der Waals surface area contributed by atoms with Crippen molar-refractivity contribution in [3.05, 3.63) is 111 Å². The van der Waals surface area contributed by atoms with Gasteiger partial charge in [-0.25, -0.2) is 0 Å². The van der Waals surface area contributed by atoms with Crippen LogP contribution in [0.5, 0.6) is 0 Å². The zero-order valence-corrected chi connectivity index (χ0v) is 22.3. The van der Waals surface area contributed by atoms with Crippen molar-refractivity contribution in [2.75, 3.05) is 24.6 Å². The van der Waals surface area contributed by atoms with Crippen molar-refractivity contribution in [3.8, 4) is 0 Å². The van der Waals surface area contributed by atoms with Gasteiger partial charge in [0.25, 0.3) is 11.4 Å². The second-order valence-electron chi connectivity index (χ2n) is 10.3. The van der Waals surface area contributed by atoms with E-state index in [2.05, 4.69) is 88.9 Å². The van der Waals surface area contributed by atoms with Crippen molar-refractivity contribution in [1.82, 2.24) is 14.5 Å². The van der Waals surface area contributed by atoms with E-state index >= 15 is 0 Å². The van der Waals surface area contributed by atoms with Crippen molar-refractivity contribution < 1.29 is 5.11 Å². The van der Waals surface area contributed by atoms with Gasteiger partial charge in [-0.15, -0.1) is 4.98 Å².